The quantitative estimate of drug-likeness (QED) is 0.825. The Bertz CT molecular complexity index is 375. The SMILES string of the molecule is CC1(Oc2cccc(C(C)(C)C)c2)CNC1. The zero-order valence-corrected chi connectivity index (χ0v) is 10.6. The average Bonchev–Trinajstić information content (AvgIpc) is 2.14. The number of hydrogen-bond acceptors (Lipinski definition) is 2. The van der Waals surface area contributed by atoms with Gasteiger partial charge in [0.15, 0.2) is 0 Å². The van der Waals surface area contributed by atoms with E-state index >= 15 is 0 Å². The molecule has 1 heterocycles. The van der Waals surface area contributed by atoms with Crippen molar-refractivity contribution in [2.24, 2.45) is 0 Å². The van der Waals surface area contributed by atoms with Crippen molar-refractivity contribution in [3.63, 3.8) is 0 Å². The summed E-state index contributed by atoms with van der Waals surface area (Å²) in [5.41, 5.74) is 1.48. The van der Waals surface area contributed by atoms with E-state index in [0.29, 0.717) is 0 Å². The maximum absolute atomic E-state index is 6.01. The molecule has 1 aliphatic rings. The number of rotatable bonds is 2. The fraction of sp³-hybridized carbons (Fsp3) is 0.571. The van der Waals surface area contributed by atoms with Crippen molar-refractivity contribution in [3.05, 3.63) is 29.8 Å². The highest BCUT2D eigenvalue weighted by atomic mass is 16.5. The van der Waals surface area contributed by atoms with Gasteiger partial charge in [-0.25, -0.2) is 0 Å². The summed E-state index contributed by atoms with van der Waals surface area (Å²) in [6.45, 7) is 10.7. The van der Waals surface area contributed by atoms with E-state index in [9.17, 15) is 0 Å². The standard InChI is InChI=1S/C14H21NO/c1-13(2,3)11-6-5-7-12(8-11)16-14(4)9-15-10-14/h5-8,15H,9-10H2,1-4H3. The van der Waals surface area contributed by atoms with Crippen LogP contribution in [0.1, 0.15) is 33.3 Å². The van der Waals surface area contributed by atoms with Crippen LogP contribution in [-0.4, -0.2) is 18.7 Å². The molecule has 1 N–H and O–H groups in total. The molecule has 1 aromatic rings. The highest BCUT2D eigenvalue weighted by Gasteiger charge is 2.33. The van der Waals surface area contributed by atoms with Crippen molar-refractivity contribution < 1.29 is 4.74 Å². The smallest absolute Gasteiger partial charge is 0.131 e. The summed E-state index contributed by atoms with van der Waals surface area (Å²) in [6.07, 6.45) is 0. The Balaban J connectivity index is 2.16. The van der Waals surface area contributed by atoms with Crippen LogP contribution in [0.15, 0.2) is 24.3 Å². The third-order valence-electron chi connectivity index (χ3n) is 3.06. The first-order valence-electron chi connectivity index (χ1n) is 5.89. The molecule has 1 aliphatic heterocycles. The Morgan fingerprint density at radius 2 is 1.94 bits per heavy atom. The largest absolute Gasteiger partial charge is 0.485 e. The molecule has 88 valence electrons. The Hall–Kier alpha value is -1.02. The van der Waals surface area contributed by atoms with Gasteiger partial charge in [-0.3, -0.25) is 0 Å². The topological polar surface area (TPSA) is 21.3 Å². The van der Waals surface area contributed by atoms with E-state index in [2.05, 4.69) is 51.2 Å². The molecule has 2 nitrogen and oxygen atoms in total. The predicted octanol–water partition coefficient (Wildman–Crippen LogP) is 2.72. The lowest BCUT2D eigenvalue weighted by molar-refractivity contribution is 0.0347. The van der Waals surface area contributed by atoms with E-state index in [1.54, 1.807) is 0 Å². The monoisotopic (exact) mass is 219 g/mol. The predicted molar refractivity (Wildman–Crippen MR) is 67.0 cm³/mol. The van der Waals surface area contributed by atoms with Gasteiger partial charge in [0.1, 0.15) is 11.4 Å². The molecule has 0 radical (unpaired) electrons. The zero-order valence-electron chi connectivity index (χ0n) is 10.6. The first-order chi connectivity index (χ1) is 7.39. The molecule has 1 fully saturated rings. The lowest BCUT2D eigenvalue weighted by atomic mass is 9.87. The first kappa shape index (κ1) is 11.5. The number of nitrogens with one attached hydrogen (secondary N) is 1. The molecule has 16 heavy (non-hydrogen) atoms. The van der Waals surface area contributed by atoms with Crippen LogP contribution < -0.4 is 10.1 Å². The Labute approximate surface area is 98.0 Å². The molecule has 0 saturated carbocycles. The van der Waals surface area contributed by atoms with Crippen LogP contribution in [0.2, 0.25) is 0 Å². The maximum Gasteiger partial charge on any atom is 0.131 e. The molecule has 0 unspecified atom stereocenters. The molecule has 1 saturated heterocycles. The van der Waals surface area contributed by atoms with Crippen molar-refractivity contribution in [1.82, 2.24) is 5.32 Å². The third-order valence-corrected chi connectivity index (χ3v) is 3.06. The maximum atomic E-state index is 6.01. The number of benzene rings is 1. The van der Waals surface area contributed by atoms with Gasteiger partial charge in [-0.1, -0.05) is 32.9 Å². The summed E-state index contributed by atoms with van der Waals surface area (Å²) >= 11 is 0. The normalized spacial score (nSPS) is 19.0. The van der Waals surface area contributed by atoms with Crippen molar-refractivity contribution in [3.8, 4) is 5.75 Å². The van der Waals surface area contributed by atoms with Gasteiger partial charge in [-0.15, -0.1) is 0 Å². The lowest BCUT2D eigenvalue weighted by Crippen LogP contribution is -2.61. The summed E-state index contributed by atoms with van der Waals surface area (Å²) < 4.78 is 6.01. The second kappa shape index (κ2) is 3.77. The van der Waals surface area contributed by atoms with Crippen LogP contribution in [0, 0.1) is 0 Å². The molecule has 0 bridgehead atoms. The van der Waals surface area contributed by atoms with Gasteiger partial charge in [0, 0.05) is 13.1 Å². The van der Waals surface area contributed by atoms with Crippen LogP contribution in [0.3, 0.4) is 0 Å². The van der Waals surface area contributed by atoms with E-state index in [1.165, 1.54) is 5.56 Å². The summed E-state index contributed by atoms with van der Waals surface area (Å²) in [4.78, 5) is 0. The number of hydrogen-bond donors (Lipinski definition) is 1. The van der Waals surface area contributed by atoms with Crippen LogP contribution in [0.5, 0.6) is 5.75 Å². The third kappa shape index (κ3) is 2.38. The van der Waals surface area contributed by atoms with E-state index < -0.39 is 0 Å². The van der Waals surface area contributed by atoms with Gasteiger partial charge in [-0.2, -0.15) is 0 Å². The van der Waals surface area contributed by atoms with Crippen LogP contribution in [0.4, 0.5) is 0 Å². The molecule has 2 heteroatoms. The Kier molecular flexibility index (Phi) is 2.70. The molecule has 0 aromatic heterocycles. The van der Waals surface area contributed by atoms with Crippen LogP contribution in [-0.2, 0) is 5.41 Å². The van der Waals surface area contributed by atoms with Crippen molar-refractivity contribution in [2.75, 3.05) is 13.1 Å². The van der Waals surface area contributed by atoms with Gasteiger partial charge in [0.2, 0.25) is 0 Å². The molecule has 2 rings (SSSR count). The fourth-order valence-electron chi connectivity index (χ4n) is 1.86. The minimum atomic E-state index is -0.0174. The minimum Gasteiger partial charge on any atom is -0.485 e. The van der Waals surface area contributed by atoms with Crippen LogP contribution >= 0.6 is 0 Å². The van der Waals surface area contributed by atoms with Gasteiger partial charge in [0.25, 0.3) is 0 Å². The van der Waals surface area contributed by atoms with E-state index in [0.717, 1.165) is 18.8 Å². The summed E-state index contributed by atoms with van der Waals surface area (Å²) in [7, 11) is 0. The highest BCUT2D eigenvalue weighted by molar-refractivity contribution is 5.33. The summed E-state index contributed by atoms with van der Waals surface area (Å²) in [6, 6.07) is 8.43. The van der Waals surface area contributed by atoms with Crippen molar-refractivity contribution in [1.29, 1.82) is 0 Å². The van der Waals surface area contributed by atoms with Gasteiger partial charge in [0.05, 0.1) is 0 Å². The highest BCUT2D eigenvalue weighted by Crippen LogP contribution is 2.28. The van der Waals surface area contributed by atoms with E-state index in [1.807, 2.05) is 6.07 Å². The van der Waals surface area contributed by atoms with Gasteiger partial charge in [-0.05, 0) is 30.0 Å². The minimum absolute atomic E-state index is 0.0174. The van der Waals surface area contributed by atoms with Crippen LogP contribution in [0.25, 0.3) is 0 Å². The molecular weight excluding hydrogens is 198 g/mol. The summed E-state index contributed by atoms with van der Waals surface area (Å²) in [5.74, 6) is 0.983. The molecular formula is C14H21NO. The molecule has 0 spiro atoms. The molecule has 0 atom stereocenters. The Morgan fingerprint density at radius 1 is 1.25 bits per heavy atom. The van der Waals surface area contributed by atoms with Gasteiger partial charge >= 0.3 is 0 Å². The Morgan fingerprint density at radius 3 is 2.44 bits per heavy atom. The molecule has 0 aliphatic carbocycles. The van der Waals surface area contributed by atoms with E-state index in [-0.39, 0.29) is 11.0 Å². The lowest BCUT2D eigenvalue weighted by Gasteiger charge is -2.39. The molecule has 1 aromatic carbocycles. The van der Waals surface area contributed by atoms with Crippen molar-refractivity contribution in [2.45, 2.75) is 38.7 Å². The average molecular weight is 219 g/mol. The molecule has 0 amide bonds. The summed E-state index contributed by atoms with van der Waals surface area (Å²) in [5, 5.41) is 3.24. The first-order valence-corrected chi connectivity index (χ1v) is 5.89. The van der Waals surface area contributed by atoms with Gasteiger partial charge < -0.3 is 10.1 Å². The number of ether oxygens (including phenoxy) is 1. The van der Waals surface area contributed by atoms with E-state index in [4.69, 9.17) is 4.74 Å². The fourth-order valence-corrected chi connectivity index (χ4v) is 1.86. The second-order valence-electron chi connectivity index (χ2n) is 5.93. The second-order valence-corrected chi connectivity index (χ2v) is 5.93. The zero-order chi connectivity index (χ0) is 11.8. The van der Waals surface area contributed by atoms with Crippen molar-refractivity contribution >= 4 is 0 Å².